The monoisotopic (exact) mass is 353 g/mol. The molecule has 132 valence electrons. The Balaban J connectivity index is 0.000000225. The van der Waals surface area contributed by atoms with Gasteiger partial charge in [-0.05, 0) is 25.0 Å². The van der Waals surface area contributed by atoms with Crippen molar-refractivity contribution in [3.8, 4) is 11.3 Å². The van der Waals surface area contributed by atoms with Crippen molar-refractivity contribution in [2.75, 3.05) is 0 Å². The number of nitrogens with one attached hydrogen (secondary N) is 1. The highest BCUT2D eigenvalue weighted by atomic mass is 19.4. The number of fused-ring (bicyclic) bond motifs is 1. The van der Waals surface area contributed by atoms with E-state index >= 15 is 0 Å². The van der Waals surface area contributed by atoms with Crippen LogP contribution < -0.4 is 0 Å². The van der Waals surface area contributed by atoms with Crippen LogP contribution in [0.1, 0.15) is 24.5 Å². The first-order valence-corrected chi connectivity index (χ1v) is 7.39. The summed E-state index contributed by atoms with van der Waals surface area (Å²) in [5, 5.41) is 18.8. The molecule has 0 bridgehead atoms. The zero-order chi connectivity index (χ0) is 18.2. The molecule has 2 N–H and O–H groups in total. The number of carboxylic acid groups (broad SMARTS) is 1. The smallest absolute Gasteiger partial charge is 0.475 e. The lowest BCUT2D eigenvalue weighted by Crippen LogP contribution is -2.21. The third kappa shape index (κ3) is 3.78. The molecule has 25 heavy (non-hydrogen) atoms. The van der Waals surface area contributed by atoms with Gasteiger partial charge in [-0.2, -0.15) is 23.4 Å². The van der Waals surface area contributed by atoms with Gasteiger partial charge in [0.15, 0.2) is 0 Å². The molecular weight excluding hydrogens is 339 g/mol. The van der Waals surface area contributed by atoms with Gasteiger partial charge >= 0.3 is 12.1 Å². The molecule has 0 spiro atoms. The second-order valence-electron chi connectivity index (χ2n) is 5.68. The molecule has 3 heterocycles. The average Bonchev–Trinajstić information content (AvgIpc) is 3.17. The van der Waals surface area contributed by atoms with Crippen LogP contribution in [-0.4, -0.2) is 42.2 Å². The van der Waals surface area contributed by atoms with Crippen LogP contribution in [-0.2, 0) is 11.8 Å². The molecular formula is C15H14F3N5O2. The average molecular weight is 353 g/mol. The van der Waals surface area contributed by atoms with Crippen molar-refractivity contribution in [2.45, 2.75) is 24.9 Å². The van der Waals surface area contributed by atoms with Crippen LogP contribution in [0.3, 0.4) is 0 Å². The van der Waals surface area contributed by atoms with Crippen LogP contribution in [0.25, 0.3) is 22.3 Å². The summed E-state index contributed by atoms with van der Waals surface area (Å²) in [6, 6.07) is 4.22. The number of pyridine rings is 1. The number of rotatable bonds is 2. The number of aliphatic carboxylic acids is 1. The number of hydrogen-bond donors (Lipinski definition) is 2. The number of nitrogens with zero attached hydrogens (tertiary/aromatic N) is 4. The molecule has 1 aliphatic rings. The Kier molecular flexibility index (Phi) is 4.19. The molecule has 0 saturated heterocycles. The van der Waals surface area contributed by atoms with Crippen LogP contribution >= 0.6 is 0 Å². The van der Waals surface area contributed by atoms with Crippen molar-refractivity contribution < 1.29 is 23.1 Å². The molecule has 0 atom stereocenters. The third-order valence-corrected chi connectivity index (χ3v) is 3.75. The zero-order valence-electron chi connectivity index (χ0n) is 13.1. The molecule has 1 saturated carbocycles. The van der Waals surface area contributed by atoms with Gasteiger partial charge in [0, 0.05) is 30.4 Å². The summed E-state index contributed by atoms with van der Waals surface area (Å²) >= 11 is 0. The topological polar surface area (TPSA) is 96.7 Å². The molecule has 0 amide bonds. The van der Waals surface area contributed by atoms with E-state index in [9.17, 15) is 13.2 Å². The molecule has 0 aliphatic heterocycles. The van der Waals surface area contributed by atoms with E-state index in [2.05, 4.69) is 32.4 Å². The third-order valence-electron chi connectivity index (χ3n) is 3.75. The molecule has 10 heteroatoms. The molecule has 3 aromatic heterocycles. The molecule has 7 nitrogen and oxygen atoms in total. The largest absolute Gasteiger partial charge is 0.490 e. The number of aryl methyl sites for hydroxylation is 1. The van der Waals surface area contributed by atoms with Crippen molar-refractivity contribution in [3.05, 3.63) is 30.2 Å². The van der Waals surface area contributed by atoms with Crippen molar-refractivity contribution in [1.82, 2.24) is 25.0 Å². The van der Waals surface area contributed by atoms with E-state index in [1.54, 1.807) is 6.20 Å². The van der Waals surface area contributed by atoms with E-state index in [0.29, 0.717) is 5.92 Å². The van der Waals surface area contributed by atoms with Gasteiger partial charge in [-0.1, -0.05) is 0 Å². The van der Waals surface area contributed by atoms with Gasteiger partial charge in [0.05, 0.1) is 17.4 Å². The van der Waals surface area contributed by atoms with Gasteiger partial charge < -0.3 is 5.11 Å². The predicted molar refractivity (Wildman–Crippen MR) is 81.8 cm³/mol. The number of alkyl halides is 3. The quantitative estimate of drug-likeness (QED) is 0.738. The lowest BCUT2D eigenvalue weighted by atomic mass is 10.1. The minimum absolute atomic E-state index is 0.694. The SMILES string of the molecule is Cn1ncc2ncc(-c3cc(C4CC4)[nH]n3)cc21.O=C(O)C(F)(F)F. The van der Waals surface area contributed by atoms with E-state index in [-0.39, 0.29) is 0 Å². The maximum absolute atomic E-state index is 10.6. The van der Waals surface area contributed by atoms with Gasteiger partial charge in [-0.25, -0.2) is 4.79 Å². The minimum Gasteiger partial charge on any atom is -0.475 e. The summed E-state index contributed by atoms with van der Waals surface area (Å²) < 4.78 is 33.6. The number of aromatic amines is 1. The maximum atomic E-state index is 10.6. The van der Waals surface area contributed by atoms with Crippen molar-refractivity contribution in [3.63, 3.8) is 0 Å². The van der Waals surface area contributed by atoms with Crippen LogP contribution in [0.2, 0.25) is 0 Å². The fourth-order valence-electron chi connectivity index (χ4n) is 2.25. The van der Waals surface area contributed by atoms with E-state index in [1.807, 2.05) is 17.9 Å². The Labute approximate surface area is 139 Å². The molecule has 3 aromatic rings. The number of aromatic nitrogens is 5. The second kappa shape index (κ2) is 6.19. The Morgan fingerprint density at radius 3 is 2.60 bits per heavy atom. The number of halogens is 3. The van der Waals surface area contributed by atoms with Gasteiger partial charge in [0.2, 0.25) is 0 Å². The number of carboxylic acids is 1. The summed E-state index contributed by atoms with van der Waals surface area (Å²) in [6.07, 6.45) is 1.11. The van der Waals surface area contributed by atoms with Gasteiger partial charge in [-0.15, -0.1) is 0 Å². The molecule has 0 radical (unpaired) electrons. The number of carbonyl (C=O) groups is 1. The highest BCUT2D eigenvalue weighted by molar-refractivity contribution is 5.79. The van der Waals surface area contributed by atoms with Crippen LogP contribution in [0.15, 0.2) is 24.5 Å². The Hall–Kier alpha value is -2.91. The van der Waals surface area contributed by atoms with Crippen molar-refractivity contribution in [1.29, 1.82) is 0 Å². The summed E-state index contributed by atoms with van der Waals surface area (Å²) in [6.45, 7) is 0. The highest BCUT2D eigenvalue weighted by Gasteiger charge is 2.38. The predicted octanol–water partition coefficient (Wildman–Crippen LogP) is 2.87. The van der Waals surface area contributed by atoms with E-state index in [4.69, 9.17) is 9.90 Å². The highest BCUT2D eigenvalue weighted by Crippen LogP contribution is 2.39. The summed E-state index contributed by atoms with van der Waals surface area (Å²) in [5.74, 6) is -2.06. The normalized spacial score (nSPS) is 14.2. The van der Waals surface area contributed by atoms with Gasteiger partial charge in [0.1, 0.15) is 5.52 Å². The standard InChI is InChI=1S/C13H13N5.C2HF3O2/c1-18-13-4-9(6-14-12(13)7-15-18)11-5-10(16-17-11)8-2-3-8;3-2(4,5)1(6)7/h4-8H,2-3H2,1H3,(H,16,17);(H,6,7). The first-order valence-electron chi connectivity index (χ1n) is 7.39. The Bertz CT molecular complexity index is 911. The molecule has 0 aromatic carbocycles. The van der Waals surface area contributed by atoms with Crippen LogP contribution in [0.4, 0.5) is 13.2 Å². The summed E-state index contributed by atoms with van der Waals surface area (Å²) in [5.41, 5.74) is 5.19. The lowest BCUT2D eigenvalue weighted by Gasteiger charge is -1.97. The minimum atomic E-state index is -5.08. The first kappa shape index (κ1) is 16.9. The van der Waals surface area contributed by atoms with Gasteiger partial charge in [0.25, 0.3) is 0 Å². The zero-order valence-corrected chi connectivity index (χ0v) is 13.1. The molecule has 0 unspecified atom stereocenters. The number of H-pyrrole nitrogens is 1. The van der Waals surface area contributed by atoms with E-state index in [0.717, 1.165) is 22.3 Å². The second-order valence-corrected chi connectivity index (χ2v) is 5.68. The fraction of sp³-hybridized carbons (Fsp3) is 0.333. The molecule has 1 fully saturated rings. The Morgan fingerprint density at radius 1 is 1.32 bits per heavy atom. The first-order chi connectivity index (χ1) is 11.8. The van der Waals surface area contributed by atoms with Crippen molar-refractivity contribution >= 4 is 17.0 Å². The molecule has 4 rings (SSSR count). The van der Waals surface area contributed by atoms with Gasteiger partial charge in [-0.3, -0.25) is 14.8 Å². The van der Waals surface area contributed by atoms with Crippen molar-refractivity contribution in [2.24, 2.45) is 7.05 Å². The maximum Gasteiger partial charge on any atom is 0.490 e. The van der Waals surface area contributed by atoms with E-state index < -0.39 is 12.1 Å². The van der Waals surface area contributed by atoms with Crippen LogP contribution in [0.5, 0.6) is 0 Å². The fourth-order valence-corrected chi connectivity index (χ4v) is 2.25. The number of hydrogen-bond acceptors (Lipinski definition) is 4. The van der Waals surface area contributed by atoms with Crippen LogP contribution in [0, 0.1) is 0 Å². The molecule has 1 aliphatic carbocycles. The van der Waals surface area contributed by atoms with E-state index in [1.165, 1.54) is 18.5 Å². The summed E-state index contributed by atoms with van der Waals surface area (Å²) in [7, 11) is 1.92. The Morgan fingerprint density at radius 2 is 2.00 bits per heavy atom. The summed E-state index contributed by atoms with van der Waals surface area (Å²) in [4.78, 5) is 13.3. The lowest BCUT2D eigenvalue weighted by molar-refractivity contribution is -0.192.